The van der Waals surface area contributed by atoms with Gasteiger partial charge in [-0.25, -0.2) is 22.9 Å². The number of aromatic nitrogens is 1. The Bertz CT molecular complexity index is 2160. The Labute approximate surface area is 328 Å². The molecular weight excluding hydrogens is 735 g/mol. The van der Waals surface area contributed by atoms with E-state index in [0.29, 0.717) is 23.4 Å². The number of carbonyl (C=O) groups excluding carboxylic acids is 4. The predicted octanol–water partition coefficient (Wildman–Crippen LogP) is 5.93. The molecule has 0 spiro atoms. The van der Waals surface area contributed by atoms with E-state index < -0.39 is 63.5 Å². The Morgan fingerprint density at radius 2 is 1.59 bits per heavy atom. The van der Waals surface area contributed by atoms with E-state index in [4.69, 9.17) is 14.5 Å². The zero-order valence-electron chi connectivity index (χ0n) is 32.9. The topological polar surface area (TPSA) is 173 Å². The van der Waals surface area contributed by atoms with Crippen LogP contribution in [0.15, 0.2) is 89.8 Å². The molecule has 4 aromatic rings. The number of benzene rings is 3. The number of nitrogens with one attached hydrogen (secondary N) is 3. The second-order valence-electron chi connectivity index (χ2n) is 15.3. The molecule has 56 heavy (non-hydrogen) atoms. The lowest BCUT2D eigenvalue weighted by Gasteiger charge is -2.31. The summed E-state index contributed by atoms with van der Waals surface area (Å²) in [6.07, 6.45) is -0.0271. The van der Waals surface area contributed by atoms with E-state index in [0.717, 1.165) is 16.5 Å². The van der Waals surface area contributed by atoms with Gasteiger partial charge in [0, 0.05) is 29.5 Å². The average Bonchev–Trinajstić information content (AvgIpc) is 3.61. The van der Waals surface area contributed by atoms with E-state index in [9.17, 15) is 27.6 Å². The Kier molecular flexibility index (Phi) is 13.0. The van der Waals surface area contributed by atoms with E-state index in [1.165, 1.54) is 17.0 Å². The molecule has 2 heterocycles. The first kappa shape index (κ1) is 41.7. The molecule has 1 aliphatic heterocycles. The van der Waals surface area contributed by atoms with Crippen LogP contribution in [-0.4, -0.2) is 79.5 Å². The lowest BCUT2D eigenvalue weighted by molar-refractivity contribution is -0.141. The number of alkyl carbamates (subject to hydrolysis) is 1. The van der Waals surface area contributed by atoms with Crippen LogP contribution in [0, 0.1) is 5.92 Å². The Morgan fingerprint density at radius 3 is 2.20 bits per heavy atom. The van der Waals surface area contributed by atoms with Crippen molar-refractivity contribution in [2.75, 3.05) is 13.7 Å². The van der Waals surface area contributed by atoms with Crippen molar-refractivity contribution >= 4 is 44.7 Å². The SMILES string of the molecule is CCC[C@H](NC(=O)[C@@H]1C[C@@H](c2cc(-c3ccccc3)nc3cc(OC)ccc23)CN1C(=O)[C@@H](NC(=O)OC(C)(C)C)C(C)C)C(=O)NS(=O)(=O)c1ccccc1. The van der Waals surface area contributed by atoms with Gasteiger partial charge in [0.1, 0.15) is 29.5 Å². The monoisotopic (exact) mass is 785 g/mol. The zero-order valence-corrected chi connectivity index (χ0v) is 33.7. The third-order valence-corrected chi connectivity index (χ3v) is 10.9. The van der Waals surface area contributed by atoms with Crippen LogP contribution >= 0.6 is 0 Å². The van der Waals surface area contributed by atoms with Gasteiger partial charge in [-0.1, -0.05) is 75.7 Å². The van der Waals surface area contributed by atoms with Crippen LogP contribution in [0.5, 0.6) is 5.75 Å². The van der Waals surface area contributed by atoms with Gasteiger partial charge in [-0.05, 0) is 75.4 Å². The van der Waals surface area contributed by atoms with Crippen molar-refractivity contribution in [1.82, 2.24) is 25.2 Å². The number of methoxy groups -OCH3 is 1. The highest BCUT2D eigenvalue weighted by atomic mass is 32.2. The van der Waals surface area contributed by atoms with Gasteiger partial charge in [0.05, 0.1) is 23.2 Å². The standard InChI is InChI=1S/C42H51N5O8S/c1-8-15-33(38(48)46-56(52,53)30-18-13-10-14-19-30)44-39(49)36-22-28(25-47(36)40(50)37(26(2)3)45-41(51)55-42(4,5)6)32-24-34(27-16-11-9-12-17-27)43-35-23-29(54-7)20-21-31(32)35/h9-14,16-21,23-24,26,28,33,36-37H,8,15,22,25H2,1-7H3,(H,44,49)(H,45,51)(H,46,48)/t28-,33+,36+,37+/m1/s1. The summed E-state index contributed by atoms with van der Waals surface area (Å²) in [5.41, 5.74) is 2.26. The average molecular weight is 786 g/mol. The molecule has 0 unspecified atom stereocenters. The summed E-state index contributed by atoms with van der Waals surface area (Å²) < 4.78 is 39.2. The summed E-state index contributed by atoms with van der Waals surface area (Å²) in [5, 5.41) is 6.30. The van der Waals surface area contributed by atoms with Crippen LogP contribution in [0.2, 0.25) is 0 Å². The third kappa shape index (κ3) is 10.0. The van der Waals surface area contributed by atoms with Crippen molar-refractivity contribution in [2.45, 2.75) is 95.3 Å². The van der Waals surface area contributed by atoms with Crippen LogP contribution in [-0.2, 0) is 29.1 Å². The second kappa shape index (κ2) is 17.5. The maximum atomic E-state index is 14.6. The number of ether oxygens (including phenoxy) is 2. The quantitative estimate of drug-likeness (QED) is 0.148. The van der Waals surface area contributed by atoms with Crippen molar-refractivity contribution < 1.29 is 37.1 Å². The summed E-state index contributed by atoms with van der Waals surface area (Å²) in [6, 6.07) is 21.3. The van der Waals surface area contributed by atoms with E-state index >= 15 is 0 Å². The second-order valence-corrected chi connectivity index (χ2v) is 17.0. The number of sulfonamides is 1. The summed E-state index contributed by atoms with van der Waals surface area (Å²) in [5.74, 6) is -2.19. The van der Waals surface area contributed by atoms with Crippen LogP contribution < -0.4 is 20.1 Å². The third-order valence-electron chi connectivity index (χ3n) is 9.55. The minimum atomic E-state index is -4.23. The molecule has 0 bridgehead atoms. The molecular formula is C42H51N5O8S. The lowest BCUT2D eigenvalue weighted by Crippen LogP contribution is -2.57. The van der Waals surface area contributed by atoms with Crippen molar-refractivity contribution in [3.8, 4) is 17.0 Å². The maximum Gasteiger partial charge on any atom is 0.408 e. The fraction of sp³-hybridized carbons (Fsp3) is 0.405. The Hall–Kier alpha value is -5.50. The Morgan fingerprint density at radius 1 is 0.929 bits per heavy atom. The number of nitrogens with zero attached hydrogens (tertiary/aromatic N) is 2. The first-order valence-corrected chi connectivity index (χ1v) is 20.3. The normalized spacial score (nSPS) is 16.9. The van der Waals surface area contributed by atoms with Gasteiger partial charge < -0.3 is 25.0 Å². The number of pyridine rings is 1. The van der Waals surface area contributed by atoms with Gasteiger partial charge in [0.15, 0.2) is 0 Å². The van der Waals surface area contributed by atoms with Crippen molar-refractivity contribution in [3.63, 3.8) is 0 Å². The summed E-state index contributed by atoms with van der Waals surface area (Å²) in [4.78, 5) is 61.8. The highest BCUT2D eigenvalue weighted by molar-refractivity contribution is 7.90. The van der Waals surface area contributed by atoms with Crippen molar-refractivity contribution in [3.05, 3.63) is 90.5 Å². The first-order chi connectivity index (χ1) is 26.5. The molecule has 5 rings (SSSR count). The number of amides is 4. The molecule has 4 amide bonds. The number of rotatable bonds is 13. The van der Waals surface area contributed by atoms with Crippen LogP contribution in [0.4, 0.5) is 4.79 Å². The molecule has 0 aliphatic carbocycles. The first-order valence-electron chi connectivity index (χ1n) is 18.8. The van der Waals surface area contributed by atoms with E-state index in [1.807, 2.05) is 61.5 Å². The van der Waals surface area contributed by atoms with Gasteiger partial charge in [-0.15, -0.1) is 0 Å². The van der Waals surface area contributed by atoms with E-state index in [2.05, 4.69) is 15.4 Å². The molecule has 13 nitrogen and oxygen atoms in total. The molecule has 14 heteroatoms. The highest BCUT2D eigenvalue weighted by Gasteiger charge is 2.45. The van der Waals surface area contributed by atoms with Crippen molar-refractivity contribution in [2.24, 2.45) is 5.92 Å². The summed E-state index contributed by atoms with van der Waals surface area (Å²) in [6.45, 7) is 10.6. The van der Waals surface area contributed by atoms with Gasteiger partial charge in [0.25, 0.3) is 15.9 Å². The lowest BCUT2D eigenvalue weighted by atomic mass is 9.91. The van der Waals surface area contributed by atoms with Gasteiger partial charge in [0.2, 0.25) is 11.8 Å². The molecule has 1 saturated heterocycles. The molecule has 1 fully saturated rings. The fourth-order valence-electron chi connectivity index (χ4n) is 6.82. The maximum absolute atomic E-state index is 14.6. The molecule has 4 atom stereocenters. The largest absolute Gasteiger partial charge is 0.497 e. The zero-order chi connectivity index (χ0) is 40.8. The number of hydrogen-bond donors (Lipinski definition) is 3. The molecule has 0 saturated carbocycles. The van der Waals surface area contributed by atoms with Crippen LogP contribution in [0.1, 0.15) is 72.3 Å². The van der Waals surface area contributed by atoms with Gasteiger partial charge >= 0.3 is 6.09 Å². The van der Waals surface area contributed by atoms with E-state index in [-0.39, 0.29) is 30.2 Å². The van der Waals surface area contributed by atoms with Gasteiger partial charge in [-0.3, -0.25) is 14.4 Å². The minimum absolute atomic E-state index is 0.0976. The van der Waals surface area contributed by atoms with Gasteiger partial charge in [-0.2, -0.15) is 0 Å². The molecule has 1 aliphatic rings. The fourth-order valence-corrected chi connectivity index (χ4v) is 7.86. The van der Waals surface area contributed by atoms with Crippen molar-refractivity contribution in [1.29, 1.82) is 0 Å². The number of likely N-dealkylation sites (tertiary alicyclic amines) is 1. The number of carbonyl (C=O) groups is 4. The number of hydrogen-bond acceptors (Lipinski definition) is 9. The van der Waals surface area contributed by atoms with Crippen LogP contribution in [0.25, 0.3) is 22.2 Å². The molecule has 3 N–H and O–H groups in total. The Balaban J connectivity index is 1.53. The highest BCUT2D eigenvalue weighted by Crippen LogP contribution is 2.39. The molecule has 298 valence electrons. The van der Waals surface area contributed by atoms with E-state index in [1.54, 1.807) is 59.9 Å². The molecule has 3 aromatic carbocycles. The minimum Gasteiger partial charge on any atom is -0.497 e. The van der Waals surface area contributed by atoms with Crippen LogP contribution in [0.3, 0.4) is 0 Å². The summed E-state index contributed by atoms with van der Waals surface area (Å²) in [7, 11) is -2.65. The molecule has 1 aromatic heterocycles. The predicted molar refractivity (Wildman–Crippen MR) is 213 cm³/mol. The molecule has 0 radical (unpaired) electrons. The smallest absolute Gasteiger partial charge is 0.408 e. The summed E-state index contributed by atoms with van der Waals surface area (Å²) >= 11 is 0. The number of fused-ring (bicyclic) bond motifs is 1.